The molecular weight excluding hydrogens is 317 g/mol. The lowest BCUT2D eigenvalue weighted by Crippen LogP contribution is -2.19. The van der Waals surface area contributed by atoms with Crippen molar-refractivity contribution in [3.05, 3.63) is 51.7 Å². The Kier molecular flexibility index (Phi) is 3.61. The van der Waals surface area contributed by atoms with E-state index in [9.17, 15) is 18.0 Å². The average Bonchev–Trinajstić information content (AvgIpc) is 2.95. The van der Waals surface area contributed by atoms with Crippen LogP contribution in [-0.4, -0.2) is 22.3 Å². The molecule has 0 saturated carbocycles. The van der Waals surface area contributed by atoms with E-state index in [1.165, 1.54) is 46.5 Å². The van der Waals surface area contributed by atoms with E-state index in [1.54, 1.807) is 10.8 Å². The van der Waals surface area contributed by atoms with Gasteiger partial charge in [0.25, 0.3) is 5.56 Å². The predicted molar refractivity (Wildman–Crippen MR) is 76.8 cm³/mol. The molecule has 2 heterocycles. The average molecular weight is 326 g/mol. The van der Waals surface area contributed by atoms with Crippen molar-refractivity contribution in [2.45, 2.75) is 6.18 Å². The van der Waals surface area contributed by atoms with Crippen LogP contribution < -0.4 is 10.3 Å². The first-order chi connectivity index (χ1) is 10.4. The standard InChI is InChI=1S/C14H9F3N2O2S/c15-14(16,17)7-21-10-3-1-9(2-4-10)19-8-18-12-6-22-5-11(12)13(19)20/h1-6,8H,7H2. The van der Waals surface area contributed by atoms with Crippen LogP contribution in [0.3, 0.4) is 0 Å². The molecule has 1 aromatic carbocycles. The molecule has 0 bridgehead atoms. The van der Waals surface area contributed by atoms with Crippen LogP contribution in [-0.2, 0) is 0 Å². The van der Waals surface area contributed by atoms with Crippen LogP contribution >= 0.6 is 11.3 Å². The Morgan fingerprint density at radius 2 is 1.91 bits per heavy atom. The largest absolute Gasteiger partial charge is 0.484 e. The second-order valence-corrected chi connectivity index (χ2v) is 5.23. The van der Waals surface area contributed by atoms with Crippen molar-refractivity contribution in [2.75, 3.05) is 6.61 Å². The fraction of sp³-hybridized carbons (Fsp3) is 0.143. The van der Waals surface area contributed by atoms with Crippen LogP contribution in [0.1, 0.15) is 0 Å². The van der Waals surface area contributed by atoms with Gasteiger partial charge in [0.2, 0.25) is 0 Å². The van der Waals surface area contributed by atoms with Crippen molar-refractivity contribution in [3.8, 4) is 11.4 Å². The van der Waals surface area contributed by atoms with Crippen LogP contribution in [0.4, 0.5) is 13.2 Å². The molecule has 0 radical (unpaired) electrons. The van der Waals surface area contributed by atoms with Gasteiger partial charge in [-0.2, -0.15) is 13.2 Å². The minimum Gasteiger partial charge on any atom is -0.484 e. The normalized spacial score (nSPS) is 11.8. The van der Waals surface area contributed by atoms with Gasteiger partial charge in [0.05, 0.1) is 16.6 Å². The van der Waals surface area contributed by atoms with Crippen molar-refractivity contribution in [1.82, 2.24) is 9.55 Å². The fourth-order valence-electron chi connectivity index (χ4n) is 1.90. The van der Waals surface area contributed by atoms with Gasteiger partial charge in [-0.1, -0.05) is 0 Å². The zero-order valence-electron chi connectivity index (χ0n) is 11.0. The third-order valence-corrected chi connectivity index (χ3v) is 3.65. The summed E-state index contributed by atoms with van der Waals surface area (Å²) in [5.74, 6) is 0.0821. The van der Waals surface area contributed by atoms with Gasteiger partial charge in [0, 0.05) is 10.8 Å². The molecule has 3 aromatic rings. The molecule has 2 aromatic heterocycles. The topological polar surface area (TPSA) is 44.1 Å². The smallest absolute Gasteiger partial charge is 0.422 e. The SMILES string of the molecule is O=c1c2cscc2ncn1-c1ccc(OCC(F)(F)F)cc1. The molecule has 0 amide bonds. The summed E-state index contributed by atoms with van der Waals surface area (Å²) in [5, 5.41) is 3.99. The Morgan fingerprint density at radius 1 is 1.18 bits per heavy atom. The van der Waals surface area contributed by atoms with Crippen LogP contribution in [0.25, 0.3) is 16.6 Å². The number of hydrogen-bond acceptors (Lipinski definition) is 4. The molecule has 8 heteroatoms. The van der Waals surface area contributed by atoms with Gasteiger partial charge in [-0.3, -0.25) is 9.36 Å². The summed E-state index contributed by atoms with van der Waals surface area (Å²) >= 11 is 1.38. The molecule has 0 saturated heterocycles. The Bertz CT molecular complexity index is 853. The number of alkyl halides is 3. The quantitative estimate of drug-likeness (QED) is 0.741. The van der Waals surface area contributed by atoms with E-state index in [-0.39, 0.29) is 11.3 Å². The number of rotatable bonds is 3. The van der Waals surface area contributed by atoms with Gasteiger partial charge >= 0.3 is 6.18 Å². The van der Waals surface area contributed by atoms with E-state index < -0.39 is 12.8 Å². The summed E-state index contributed by atoms with van der Waals surface area (Å²) in [7, 11) is 0. The summed E-state index contributed by atoms with van der Waals surface area (Å²) in [4.78, 5) is 16.4. The van der Waals surface area contributed by atoms with Crippen molar-refractivity contribution in [2.24, 2.45) is 0 Å². The molecule has 0 spiro atoms. The van der Waals surface area contributed by atoms with Crippen LogP contribution in [0, 0.1) is 0 Å². The number of thiophene rings is 1. The summed E-state index contributed by atoms with van der Waals surface area (Å²) < 4.78 is 42.2. The van der Waals surface area contributed by atoms with E-state index in [2.05, 4.69) is 9.72 Å². The molecule has 0 aliphatic carbocycles. The zero-order valence-corrected chi connectivity index (χ0v) is 11.8. The highest BCUT2D eigenvalue weighted by molar-refractivity contribution is 7.09. The number of halogens is 3. The van der Waals surface area contributed by atoms with Crippen molar-refractivity contribution >= 4 is 22.2 Å². The molecule has 0 aliphatic rings. The molecule has 114 valence electrons. The van der Waals surface area contributed by atoms with E-state index in [0.29, 0.717) is 16.6 Å². The van der Waals surface area contributed by atoms with Gasteiger partial charge in [-0.25, -0.2) is 4.98 Å². The molecule has 3 rings (SSSR count). The molecule has 0 atom stereocenters. The summed E-state index contributed by atoms with van der Waals surface area (Å²) in [6.45, 7) is -1.35. The zero-order chi connectivity index (χ0) is 15.7. The van der Waals surface area contributed by atoms with E-state index in [4.69, 9.17) is 0 Å². The fourth-order valence-corrected chi connectivity index (χ4v) is 2.65. The van der Waals surface area contributed by atoms with Gasteiger partial charge in [0.15, 0.2) is 6.61 Å². The molecule has 22 heavy (non-hydrogen) atoms. The third kappa shape index (κ3) is 2.96. The highest BCUT2D eigenvalue weighted by atomic mass is 32.1. The lowest BCUT2D eigenvalue weighted by molar-refractivity contribution is -0.153. The number of fused-ring (bicyclic) bond motifs is 1. The number of hydrogen-bond donors (Lipinski definition) is 0. The Balaban J connectivity index is 1.88. The molecule has 0 N–H and O–H groups in total. The molecule has 0 fully saturated rings. The Morgan fingerprint density at radius 3 is 2.59 bits per heavy atom. The second-order valence-electron chi connectivity index (χ2n) is 4.49. The first-order valence-corrected chi connectivity index (χ1v) is 7.12. The third-order valence-electron chi connectivity index (χ3n) is 2.92. The minimum absolute atomic E-state index is 0.0821. The van der Waals surface area contributed by atoms with Gasteiger partial charge in [-0.15, -0.1) is 11.3 Å². The first-order valence-electron chi connectivity index (χ1n) is 6.17. The highest BCUT2D eigenvalue weighted by Gasteiger charge is 2.28. The van der Waals surface area contributed by atoms with Gasteiger partial charge < -0.3 is 4.74 Å². The maximum absolute atomic E-state index is 12.3. The lowest BCUT2D eigenvalue weighted by atomic mass is 10.3. The monoisotopic (exact) mass is 326 g/mol. The maximum Gasteiger partial charge on any atom is 0.422 e. The predicted octanol–water partition coefficient (Wildman–Crippen LogP) is 3.39. The van der Waals surface area contributed by atoms with Crippen LogP contribution in [0.5, 0.6) is 5.75 Å². The van der Waals surface area contributed by atoms with Crippen LogP contribution in [0.15, 0.2) is 46.1 Å². The van der Waals surface area contributed by atoms with E-state index in [1.807, 2.05) is 0 Å². The first kappa shape index (κ1) is 14.6. The Labute approximate surface area is 126 Å². The van der Waals surface area contributed by atoms with Crippen LogP contribution in [0.2, 0.25) is 0 Å². The van der Waals surface area contributed by atoms with E-state index >= 15 is 0 Å². The number of aromatic nitrogens is 2. The minimum atomic E-state index is -4.39. The number of nitrogens with zero attached hydrogens (tertiary/aromatic N) is 2. The second kappa shape index (κ2) is 5.45. The maximum atomic E-state index is 12.3. The van der Waals surface area contributed by atoms with Gasteiger partial charge in [-0.05, 0) is 24.3 Å². The summed E-state index contributed by atoms with van der Waals surface area (Å²) in [5.41, 5.74) is 0.900. The summed E-state index contributed by atoms with van der Waals surface area (Å²) in [6.07, 6.45) is -2.99. The molecular formula is C14H9F3N2O2S. The van der Waals surface area contributed by atoms with Crippen molar-refractivity contribution in [1.29, 1.82) is 0 Å². The molecule has 0 unspecified atom stereocenters. The van der Waals surface area contributed by atoms with Gasteiger partial charge in [0.1, 0.15) is 12.1 Å². The van der Waals surface area contributed by atoms with Crippen molar-refractivity contribution < 1.29 is 17.9 Å². The number of ether oxygens (including phenoxy) is 1. The summed E-state index contributed by atoms with van der Waals surface area (Å²) in [6, 6.07) is 5.77. The van der Waals surface area contributed by atoms with Crippen molar-refractivity contribution in [3.63, 3.8) is 0 Å². The number of benzene rings is 1. The molecule has 4 nitrogen and oxygen atoms in total. The molecule has 0 aliphatic heterocycles. The highest BCUT2D eigenvalue weighted by Crippen LogP contribution is 2.20. The Hall–Kier alpha value is -2.35. The lowest BCUT2D eigenvalue weighted by Gasteiger charge is -2.10. The van der Waals surface area contributed by atoms with E-state index in [0.717, 1.165) is 0 Å².